The number of aromatic nitrogens is 4. The summed E-state index contributed by atoms with van der Waals surface area (Å²) in [5.41, 5.74) is 21.8. The lowest BCUT2D eigenvalue weighted by Crippen LogP contribution is -2.25. The van der Waals surface area contributed by atoms with Crippen LogP contribution in [0.25, 0.3) is 11.4 Å². The Morgan fingerprint density at radius 3 is 1.24 bits per heavy atom. The number of aryl methyl sites for hydroxylation is 3. The Bertz CT molecular complexity index is 3940. The Morgan fingerprint density at radius 1 is 0.561 bits per heavy atom. The van der Waals surface area contributed by atoms with E-state index in [0.29, 0.717) is 65.1 Å². The van der Waals surface area contributed by atoms with E-state index in [4.69, 9.17) is 40.8 Å². The summed E-state index contributed by atoms with van der Waals surface area (Å²) in [6.07, 6.45) is 8.98. The Labute approximate surface area is 576 Å². The second-order valence-corrected chi connectivity index (χ2v) is 24.2. The van der Waals surface area contributed by atoms with E-state index in [9.17, 15) is 28.8 Å². The Morgan fingerprint density at radius 2 is 0.918 bits per heavy atom. The molecule has 22 nitrogen and oxygen atoms in total. The molecule has 0 saturated heterocycles. The van der Waals surface area contributed by atoms with Crippen molar-refractivity contribution in [3.8, 4) is 29.2 Å². The van der Waals surface area contributed by atoms with E-state index >= 15 is 0 Å². The number of rotatable bonds is 25. The number of nitrogen functional groups attached to an aromatic ring is 2. The minimum absolute atomic E-state index is 0.0361. The summed E-state index contributed by atoms with van der Waals surface area (Å²) in [5, 5.41) is 37.8. The number of anilines is 3. The average Bonchev–Trinajstić information content (AvgIpc) is 1.67. The lowest BCUT2D eigenvalue weighted by atomic mass is 10.0. The molecular weight excluding hydrogens is 1260 g/mol. The van der Waals surface area contributed by atoms with E-state index in [2.05, 4.69) is 31.5 Å². The fourth-order valence-corrected chi connectivity index (χ4v) is 9.67. The summed E-state index contributed by atoms with van der Waals surface area (Å²) in [7, 11) is 4.99. The molecule has 2 aromatic heterocycles. The maximum atomic E-state index is 13.2. The predicted molar refractivity (Wildman–Crippen MR) is 382 cm³/mol. The van der Waals surface area contributed by atoms with E-state index in [0.717, 1.165) is 77.8 Å². The first kappa shape index (κ1) is 75.0. The molecule has 0 spiro atoms. The minimum atomic E-state index is -0.290. The molecule has 23 heteroatoms. The standard InChI is InChI=1S/2C24H26N4O4.C12H16N2O.C12H11NOS.C3H8O/c2*1-15-8-9-17(23(30)26-18-10-11-18)14-19(15)28-22(25)20(24(27-28)32-13-12-31-2)21(29)16-6-4-3-5-7-16;1-8-3-4-9(7-11(8)13-2)12(15)14-10-5-6-10;1-9(15-2)11(8-13)12(14)10-6-4-3-5-7-10;1-2-3-4/h2*3-9,14,18H,10-13,25H2,1-2H3,(H,26,30);3-4,7,10,13H,5-6H2,1-2H3,(H,14,15);3-7H,1-2H3;4H,2-3H2,1H3/b;;;11-9+;. The summed E-state index contributed by atoms with van der Waals surface area (Å²) in [6.45, 7) is 10.9. The number of amides is 3. The van der Waals surface area contributed by atoms with Crippen LogP contribution in [0.1, 0.15) is 149 Å². The van der Waals surface area contributed by atoms with Crippen LogP contribution in [0, 0.1) is 32.1 Å². The van der Waals surface area contributed by atoms with Crippen LogP contribution in [-0.4, -0.2) is 138 Å². The monoisotopic (exact) mass is 1350 g/mol. The van der Waals surface area contributed by atoms with Gasteiger partial charge in [-0.25, -0.2) is 9.36 Å². The number of Topliss-reactive ketones (excluding diaryl/α,β-unsaturated/α-hetero) is 1. The highest BCUT2D eigenvalue weighted by Crippen LogP contribution is 2.34. The molecule has 0 aliphatic heterocycles. The number of nitrogens with zero attached hydrogens (tertiary/aromatic N) is 5. The van der Waals surface area contributed by atoms with Gasteiger partial charge in [0.2, 0.25) is 29.1 Å². The van der Waals surface area contributed by atoms with Crippen molar-refractivity contribution in [1.82, 2.24) is 35.5 Å². The highest BCUT2D eigenvalue weighted by molar-refractivity contribution is 8.02. The fraction of sp³-hybridized carbons (Fsp3) is 0.320. The van der Waals surface area contributed by atoms with Gasteiger partial charge in [-0.15, -0.1) is 22.0 Å². The van der Waals surface area contributed by atoms with Crippen LogP contribution < -0.4 is 42.2 Å². The first-order valence-corrected chi connectivity index (χ1v) is 33.5. The maximum absolute atomic E-state index is 13.2. The number of carbonyl (C=O) groups excluding carboxylic acids is 6. The van der Waals surface area contributed by atoms with Gasteiger partial charge in [0.15, 0.2) is 0 Å². The number of aliphatic hydroxyl groups excluding tert-OH is 1. The molecule has 3 amide bonds. The second-order valence-electron chi connectivity index (χ2n) is 23.2. The number of nitrogens with one attached hydrogen (secondary N) is 4. The first-order valence-electron chi connectivity index (χ1n) is 32.3. The zero-order chi connectivity index (χ0) is 70.8. The summed E-state index contributed by atoms with van der Waals surface area (Å²) in [6, 6.07) is 45.8. The molecule has 3 aliphatic rings. The second kappa shape index (κ2) is 37.2. The molecule has 0 radical (unpaired) electrons. The molecule has 3 saturated carbocycles. The van der Waals surface area contributed by atoms with E-state index in [-0.39, 0.29) is 100 Å². The molecule has 98 heavy (non-hydrogen) atoms. The predicted octanol–water partition coefficient (Wildman–Crippen LogP) is 11.2. The van der Waals surface area contributed by atoms with Gasteiger partial charge >= 0.3 is 0 Å². The first-order chi connectivity index (χ1) is 47.3. The van der Waals surface area contributed by atoms with E-state index < -0.39 is 0 Å². The van der Waals surface area contributed by atoms with Crippen LogP contribution in [0.15, 0.2) is 156 Å². The number of hydrogen-bond donors (Lipinski definition) is 7. The Balaban J connectivity index is 0.000000191. The van der Waals surface area contributed by atoms with Gasteiger partial charge < -0.3 is 56.8 Å². The number of ether oxygens (including phenoxy) is 4. The number of nitriles is 1. The lowest BCUT2D eigenvalue weighted by Gasteiger charge is -2.11. The molecule has 8 aromatic rings. The van der Waals surface area contributed by atoms with Gasteiger partial charge in [0.1, 0.15) is 47.6 Å². The van der Waals surface area contributed by atoms with Crippen LogP contribution >= 0.6 is 11.8 Å². The van der Waals surface area contributed by atoms with Gasteiger partial charge in [-0.2, -0.15) is 5.26 Å². The molecule has 2 heterocycles. The zero-order valence-electron chi connectivity index (χ0n) is 56.9. The summed E-state index contributed by atoms with van der Waals surface area (Å²) >= 11 is 1.42. The van der Waals surface area contributed by atoms with Crippen LogP contribution in [-0.2, 0) is 9.47 Å². The summed E-state index contributed by atoms with van der Waals surface area (Å²) in [5.74, 6) is -0.485. The van der Waals surface area contributed by atoms with Gasteiger partial charge in [0.05, 0.1) is 24.6 Å². The molecular formula is C75H87N11O11S. The van der Waals surface area contributed by atoms with Crippen molar-refractivity contribution >= 4 is 64.2 Å². The third kappa shape index (κ3) is 21.1. The van der Waals surface area contributed by atoms with Crippen molar-refractivity contribution in [2.75, 3.05) is 77.3 Å². The van der Waals surface area contributed by atoms with Crippen molar-refractivity contribution in [3.63, 3.8) is 0 Å². The quantitative estimate of drug-likeness (QED) is 0.0121. The molecule has 0 bridgehead atoms. The molecule has 9 N–H and O–H groups in total. The molecule has 0 unspecified atom stereocenters. The number of nitrogens with two attached hydrogens (primary N) is 2. The van der Waals surface area contributed by atoms with Crippen molar-refractivity contribution < 1.29 is 52.8 Å². The molecule has 3 aliphatic carbocycles. The minimum Gasteiger partial charge on any atom is -0.474 e. The van der Waals surface area contributed by atoms with Gasteiger partial charge in [0, 0.05) is 90.0 Å². The average molecular weight is 1350 g/mol. The lowest BCUT2D eigenvalue weighted by molar-refractivity contribution is 0.0942. The van der Waals surface area contributed by atoms with E-state index in [1.54, 1.807) is 118 Å². The topological polar surface area (TPSA) is 319 Å². The highest BCUT2D eigenvalue weighted by atomic mass is 32.2. The SMILES string of the molecule is CCCO.CNc1cc(C(=O)NC2CC2)ccc1C.COCCOc1nn(-c2cc(C(=O)NC3CC3)ccc2C)c(N)c1C(=O)c1ccccc1.COCCOc1nn(-c2cc(C(=O)NC3CC3)ccc2C)c(N)c1C(=O)c1ccccc1.CS/C(C)=C(\C#N)C(=O)c1ccccc1. The number of thioether (sulfide) groups is 1. The zero-order valence-corrected chi connectivity index (χ0v) is 57.7. The number of hydrogen-bond acceptors (Lipinski definition) is 18. The summed E-state index contributed by atoms with van der Waals surface area (Å²) in [4.78, 5) is 76.0. The number of methoxy groups -OCH3 is 2. The van der Waals surface area contributed by atoms with Crippen molar-refractivity contribution in [1.29, 1.82) is 5.26 Å². The Kier molecular flexibility index (Phi) is 28.5. The molecule has 3 fully saturated rings. The largest absolute Gasteiger partial charge is 0.474 e. The number of benzene rings is 6. The van der Waals surface area contributed by atoms with Crippen molar-refractivity contribution in [3.05, 3.63) is 217 Å². The van der Waals surface area contributed by atoms with Gasteiger partial charge in [0.25, 0.3) is 17.7 Å². The fourth-order valence-electron chi connectivity index (χ4n) is 9.33. The van der Waals surface area contributed by atoms with Gasteiger partial charge in [-0.3, -0.25) is 28.8 Å². The van der Waals surface area contributed by atoms with E-state index in [1.807, 2.05) is 95.6 Å². The van der Waals surface area contributed by atoms with Gasteiger partial charge in [-0.1, -0.05) is 116 Å². The summed E-state index contributed by atoms with van der Waals surface area (Å²) < 4.78 is 24.5. The third-order valence-electron chi connectivity index (χ3n) is 15.5. The van der Waals surface area contributed by atoms with Crippen LogP contribution in [0.2, 0.25) is 0 Å². The van der Waals surface area contributed by atoms with Crippen LogP contribution in [0.3, 0.4) is 0 Å². The number of allylic oxidation sites excluding steroid dienone is 2. The normalized spacial score (nSPS) is 12.9. The van der Waals surface area contributed by atoms with Gasteiger partial charge in [-0.05, 0) is 132 Å². The molecule has 0 atom stereocenters. The third-order valence-corrected chi connectivity index (χ3v) is 16.3. The van der Waals surface area contributed by atoms with Crippen LogP contribution in [0.4, 0.5) is 17.3 Å². The highest BCUT2D eigenvalue weighted by Gasteiger charge is 2.31. The number of carbonyl (C=O) groups is 6. The van der Waals surface area contributed by atoms with Crippen LogP contribution in [0.5, 0.6) is 11.8 Å². The number of ketones is 3. The smallest absolute Gasteiger partial charge is 0.251 e. The van der Waals surface area contributed by atoms with Crippen molar-refractivity contribution in [2.45, 2.75) is 97.7 Å². The van der Waals surface area contributed by atoms with E-state index in [1.165, 1.54) is 21.1 Å². The number of aliphatic hydroxyl groups is 1. The van der Waals surface area contributed by atoms with Crippen molar-refractivity contribution in [2.24, 2.45) is 0 Å². The maximum Gasteiger partial charge on any atom is 0.251 e. The molecule has 6 aromatic carbocycles. The Hall–Kier alpha value is -10.4. The molecule has 11 rings (SSSR count). The molecule has 514 valence electrons.